The molecule has 0 bridgehead atoms. The zero-order valence-electron chi connectivity index (χ0n) is 7.50. The standard InChI is InChI=1S/C7H16NO4P/c1-12-5-2-8(13)4(3-9)6(10)7(5)11/h4-7,9-11H,2-3,13H2,1H3/t4-,5+,6-,7-/m1/s1. The summed E-state index contributed by atoms with van der Waals surface area (Å²) in [5, 5.41) is 28.0. The summed E-state index contributed by atoms with van der Waals surface area (Å²) in [5.41, 5.74) is 0. The van der Waals surface area contributed by atoms with Gasteiger partial charge in [0, 0.05) is 13.7 Å². The van der Waals surface area contributed by atoms with Crippen molar-refractivity contribution in [1.29, 1.82) is 0 Å². The molecule has 3 N–H and O–H groups in total. The predicted octanol–water partition coefficient (Wildman–Crippen LogP) is -1.81. The summed E-state index contributed by atoms with van der Waals surface area (Å²) >= 11 is 0. The molecule has 1 aliphatic rings. The molecule has 6 heteroatoms. The van der Waals surface area contributed by atoms with Crippen LogP contribution in [0.15, 0.2) is 0 Å². The first-order valence-corrected chi connectivity index (χ1v) is 4.64. The number of aliphatic hydroxyl groups excluding tert-OH is 3. The van der Waals surface area contributed by atoms with E-state index in [4.69, 9.17) is 9.84 Å². The third kappa shape index (κ3) is 2.18. The van der Waals surface area contributed by atoms with E-state index in [0.29, 0.717) is 6.54 Å². The van der Waals surface area contributed by atoms with Crippen molar-refractivity contribution in [3.63, 3.8) is 0 Å². The van der Waals surface area contributed by atoms with Gasteiger partial charge in [-0.1, -0.05) is 9.39 Å². The number of rotatable bonds is 2. The average molecular weight is 209 g/mol. The fourth-order valence-corrected chi connectivity index (χ4v) is 2.00. The second-order valence-electron chi connectivity index (χ2n) is 3.20. The van der Waals surface area contributed by atoms with Crippen LogP contribution in [0.5, 0.6) is 0 Å². The first kappa shape index (κ1) is 11.3. The predicted molar refractivity (Wildman–Crippen MR) is 50.1 cm³/mol. The van der Waals surface area contributed by atoms with E-state index in [9.17, 15) is 10.2 Å². The number of piperidine rings is 1. The second kappa shape index (κ2) is 4.64. The summed E-state index contributed by atoms with van der Waals surface area (Å²) in [7, 11) is 3.89. The molecule has 0 amide bonds. The highest BCUT2D eigenvalue weighted by atomic mass is 31.0. The third-order valence-corrected chi connectivity index (χ3v) is 3.03. The highest BCUT2D eigenvalue weighted by Gasteiger charge is 2.40. The summed E-state index contributed by atoms with van der Waals surface area (Å²) in [5.74, 6) is 0. The van der Waals surface area contributed by atoms with Crippen LogP contribution < -0.4 is 0 Å². The fraction of sp³-hybridized carbons (Fsp3) is 1.00. The molecule has 78 valence electrons. The van der Waals surface area contributed by atoms with E-state index < -0.39 is 24.4 Å². The Balaban J connectivity index is 2.66. The highest BCUT2D eigenvalue weighted by Crippen LogP contribution is 2.22. The van der Waals surface area contributed by atoms with Crippen LogP contribution in [0.1, 0.15) is 0 Å². The summed E-state index contributed by atoms with van der Waals surface area (Å²) in [4.78, 5) is 0. The van der Waals surface area contributed by atoms with Crippen LogP contribution in [-0.4, -0.2) is 64.6 Å². The normalized spacial score (nSPS) is 42.2. The molecular formula is C7H16NO4P. The molecular weight excluding hydrogens is 193 g/mol. The highest BCUT2D eigenvalue weighted by molar-refractivity contribution is 7.13. The topological polar surface area (TPSA) is 73.2 Å². The maximum atomic E-state index is 9.56. The van der Waals surface area contributed by atoms with Crippen LogP contribution in [0.3, 0.4) is 0 Å². The third-order valence-electron chi connectivity index (χ3n) is 2.43. The number of methoxy groups -OCH3 is 1. The van der Waals surface area contributed by atoms with Crippen LogP contribution in [0.4, 0.5) is 0 Å². The van der Waals surface area contributed by atoms with Crippen molar-refractivity contribution in [3.05, 3.63) is 0 Å². The molecule has 1 saturated heterocycles. The van der Waals surface area contributed by atoms with E-state index in [1.165, 1.54) is 7.11 Å². The van der Waals surface area contributed by atoms with Crippen molar-refractivity contribution in [2.75, 3.05) is 20.3 Å². The van der Waals surface area contributed by atoms with Crippen molar-refractivity contribution in [3.8, 4) is 0 Å². The first-order chi connectivity index (χ1) is 6.11. The summed E-state index contributed by atoms with van der Waals surface area (Å²) in [6.07, 6.45) is -2.31. The molecule has 5 nitrogen and oxygen atoms in total. The Bertz CT molecular complexity index is 171. The Kier molecular flexibility index (Phi) is 4.04. The van der Waals surface area contributed by atoms with Gasteiger partial charge in [-0.2, -0.15) is 0 Å². The average Bonchev–Trinajstić information content (AvgIpc) is 2.12. The summed E-state index contributed by atoms with van der Waals surface area (Å²) in [6.45, 7) is 0.294. The Hall–Kier alpha value is 0.230. The molecule has 0 radical (unpaired) electrons. The van der Waals surface area contributed by atoms with Crippen LogP contribution in [-0.2, 0) is 4.74 Å². The van der Waals surface area contributed by atoms with Gasteiger partial charge in [-0.15, -0.1) is 0 Å². The minimum Gasteiger partial charge on any atom is -0.395 e. The molecule has 0 spiro atoms. The Morgan fingerprint density at radius 3 is 2.54 bits per heavy atom. The van der Waals surface area contributed by atoms with Crippen LogP contribution in [0, 0.1) is 0 Å². The van der Waals surface area contributed by atoms with Gasteiger partial charge in [0.25, 0.3) is 0 Å². The lowest BCUT2D eigenvalue weighted by atomic mass is 9.96. The largest absolute Gasteiger partial charge is 0.395 e. The van der Waals surface area contributed by atoms with Crippen molar-refractivity contribution in [2.45, 2.75) is 24.4 Å². The second-order valence-corrected chi connectivity index (χ2v) is 3.87. The van der Waals surface area contributed by atoms with Crippen LogP contribution in [0.2, 0.25) is 0 Å². The minimum atomic E-state index is -0.971. The molecule has 0 aliphatic carbocycles. The Labute approximate surface area is 79.6 Å². The number of ether oxygens (including phenoxy) is 1. The summed E-state index contributed by atoms with van der Waals surface area (Å²) < 4.78 is 6.69. The van der Waals surface area contributed by atoms with E-state index in [1.54, 1.807) is 4.67 Å². The molecule has 0 saturated carbocycles. The van der Waals surface area contributed by atoms with Crippen molar-refractivity contribution in [1.82, 2.24) is 4.67 Å². The van der Waals surface area contributed by atoms with Gasteiger partial charge in [0.2, 0.25) is 0 Å². The zero-order valence-corrected chi connectivity index (χ0v) is 8.65. The molecule has 1 rings (SSSR count). The molecule has 0 aromatic heterocycles. The molecule has 5 atom stereocenters. The molecule has 1 aliphatic heterocycles. The minimum absolute atomic E-state index is 0.182. The van der Waals surface area contributed by atoms with E-state index in [1.807, 2.05) is 0 Å². The van der Waals surface area contributed by atoms with Crippen molar-refractivity contribution in [2.24, 2.45) is 0 Å². The van der Waals surface area contributed by atoms with Crippen molar-refractivity contribution >= 4 is 9.39 Å². The lowest BCUT2D eigenvalue weighted by molar-refractivity contribution is -0.134. The lowest BCUT2D eigenvalue weighted by Crippen LogP contribution is -2.59. The number of hydrogen-bond donors (Lipinski definition) is 3. The summed E-state index contributed by atoms with van der Waals surface area (Å²) in [6, 6.07) is -0.439. The van der Waals surface area contributed by atoms with E-state index in [0.717, 1.165) is 0 Å². The molecule has 0 aromatic carbocycles. The smallest absolute Gasteiger partial charge is 0.109 e. The Morgan fingerprint density at radius 1 is 1.46 bits per heavy atom. The van der Waals surface area contributed by atoms with Gasteiger partial charge in [0.1, 0.15) is 12.2 Å². The van der Waals surface area contributed by atoms with E-state index in [2.05, 4.69) is 9.39 Å². The Morgan fingerprint density at radius 2 is 2.08 bits per heavy atom. The van der Waals surface area contributed by atoms with Gasteiger partial charge >= 0.3 is 0 Å². The van der Waals surface area contributed by atoms with Crippen LogP contribution >= 0.6 is 9.39 Å². The van der Waals surface area contributed by atoms with Gasteiger partial charge in [0.05, 0.1) is 18.8 Å². The maximum Gasteiger partial charge on any atom is 0.109 e. The van der Waals surface area contributed by atoms with E-state index >= 15 is 0 Å². The molecule has 13 heavy (non-hydrogen) atoms. The zero-order chi connectivity index (χ0) is 10.0. The van der Waals surface area contributed by atoms with Gasteiger partial charge in [0.15, 0.2) is 0 Å². The van der Waals surface area contributed by atoms with Crippen molar-refractivity contribution < 1.29 is 20.1 Å². The molecule has 1 fully saturated rings. The molecule has 1 unspecified atom stereocenters. The first-order valence-electron chi connectivity index (χ1n) is 4.13. The van der Waals surface area contributed by atoms with E-state index in [-0.39, 0.29) is 6.61 Å². The van der Waals surface area contributed by atoms with Crippen LogP contribution in [0.25, 0.3) is 0 Å². The maximum absolute atomic E-state index is 9.56. The number of hydrogen-bond acceptors (Lipinski definition) is 5. The van der Waals surface area contributed by atoms with Gasteiger partial charge in [-0.25, -0.2) is 0 Å². The van der Waals surface area contributed by atoms with Gasteiger partial charge in [-0.3, -0.25) is 4.67 Å². The lowest BCUT2D eigenvalue weighted by Gasteiger charge is -2.42. The SMILES string of the molecule is CO[C@H]1CN(P)[C@H](CO)[C@@H](O)[C@@H]1O. The monoisotopic (exact) mass is 209 g/mol. The van der Waals surface area contributed by atoms with Gasteiger partial charge in [-0.05, 0) is 0 Å². The number of aliphatic hydroxyl groups is 3. The molecule has 1 heterocycles. The molecule has 0 aromatic rings. The quantitative estimate of drug-likeness (QED) is 0.467. The van der Waals surface area contributed by atoms with Gasteiger partial charge < -0.3 is 20.1 Å². The fourth-order valence-electron chi connectivity index (χ4n) is 1.52. The number of nitrogens with zero attached hydrogens (tertiary/aromatic N) is 1.